The van der Waals surface area contributed by atoms with Gasteiger partial charge in [-0.3, -0.25) is 15.0 Å². The molecule has 0 N–H and O–H groups in total. The summed E-state index contributed by atoms with van der Waals surface area (Å²) < 4.78 is 0. The van der Waals surface area contributed by atoms with Gasteiger partial charge in [0, 0.05) is 44.2 Å². The van der Waals surface area contributed by atoms with E-state index in [1.54, 1.807) is 23.5 Å². The van der Waals surface area contributed by atoms with E-state index in [9.17, 15) is 10.1 Å². The molecule has 1 aromatic heterocycles. The molecule has 0 bridgehead atoms. The van der Waals surface area contributed by atoms with Crippen molar-refractivity contribution in [1.82, 2.24) is 9.88 Å². The van der Waals surface area contributed by atoms with E-state index in [-0.39, 0.29) is 10.6 Å². The van der Waals surface area contributed by atoms with Crippen LogP contribution < -0.4 is 4.90 Å². The fraction of sp³-hybridized carbons (Fsp3) is 0.400. The van der Waals surface area contributed by atoms with Crippen LogP contribution in [0.25, 0.3) is 0 Å². The van der Waals surface area contributed by atoms with Crippen LogP contribution in [0.3, 0.4) is 0 Å². The molecular formula is C15H18N4O2S. The van der Waals surface area contributed by atoms with E-state index in [4.69, 9.17) is 0 Å². The number of aromatic nitrogens is 1. The van der Waals surface area contributed by atoms with Gasteiger partial charge in [0.15, 0.2) is 0 Å². The van der Waals surface area contributed by atoms with E-state index in [0.717, 1.165) is 49.1 Å². The van der Waals surface area contributed by atoms with Crippen molar-refractivity contribution in [1.29, 1.82) is 0 Å². The second kappa shape index (κ2) is 6.41. The number of benzene rings is 1. The molecule has 0 atom stereocenters. The molecule has 0 spiro atoms. The first-order valence-corrected chi connectivity index (χ1v) is 8.13. The standard InChI is InChI=1S/C15H18N4O2S/c1-12-16-13(11-22-12)10-17-6-8-18(9-7-17)14-4-2-3-5-15(14)19(20)21/h2-5,11H,6-10H2,1H3. The van der Waals surface area contributed by atoms with Crippen LogP contribution in [0, 0.1) is 17.0 Å². The Morgan fingerprint density at radius 2 is 2.00 bits per heavy atom. The molecule has 0 amide bonds. The Morgan fingerprint density at radius 1 is 1.27 bits per heavy atom. The topological polar surface area (TPSA) is 62.5 Å². The Bertz CT molecular complexity index is 665. The largest absolute Gasteiger partial charge is 0.363 e. The van der Waals surface area contributed by atoms with E-state index in [1.165, 1.54) is 0 Å². The first-order chi connectivity index (χ1) is 10.6. The molecule has 22 heavy (non-hydrogen) atoms. The number of hydrogen-bond donors (Lipinski definition) is 0. The van der Waals surface area contributed by atoms with Crippen molar-refractivity contribution in [3.05, 3.63) is 50.5 Å². The summed E-state index contributed by atoms with van der Waals surface area (Å²) in [4.78, 5) is 19.8. The fourth-order valence-corrected chi connectivity index (χ4v) is 3.35. The third-order valence-corrected chi connectivity index (χ3v) is 4.67. The second-order valence-electron chi connectivity index (χ2n) is 5.37. The molecular weight excluding hydrogens is 300 g/mol. The number of piperazine rings is 1. The molecule has 1 aliphatic rings. The van der Waals surface area contributed by atoms with E-state index in [1.807, 2.05) is 19.1 Å². The quantitative estimate of drug-likeness (QED) is 0.640. The van der Waals surface area contributed by atoms with Crippen LogP contribution in [0.5, 0.6) is 0 Å². The molecule has 0 unspecified atom stereocenters. The summed E-state index contributed by atoms with van der Waals surface area (Å²) in [5, 5.41) is 14.3. The Labute approximate surface area is 133 Å². The summed E-state index contributed by atoms with van der Waals surface area (Å²) >= 11 is 1.67. The number of thiazole rings is 1. The normalized spacial score (nSPS) is 16.0. The van der Waals surface area contributed by atoms with Crippen LogP contribution in [0.4, 0.5) is 11.4 Å². The van der Waals surface area contributed by atoms with Crippen LogP contribution >= 0.6 is 11.3 Å². The predicted octanol–water partition coefficient (Wildman–Crippen LogP) is 2.68. The van der Waals surface area contributed by atoms with Gasteiger partial charge >= 0.3 is 0 Å². The number of nitro benzene ring substituents is 1. The molecule has 3 rings (SSSR count). The summed E-state index contributed by atoms with van der Waals surface area (Å²) in [6.45, 7) is 6.25. The number of rotatable bonds is 4. The van der Waals surface area contributed by atoms with Crippen molar-refractivity contribution in [2.24, 2.45) is 0 Å². The lowest BCUT2D eigenvalue weighted by Gasteiger charge is -2.35. The highest BCUT2D eigenvalue weighted by Crippen LogP contribution is 2.28. The minimum Gasteiger partial charge on any atom is -0.363 e. The molecule has 0 saturated carbocycles. The zero-order valence-electron chi connectivity index (χ0n) is 12.4. The van der Waals surface area contributed by atoms with E-state index >= 15 is 0 Å². The molecule has 0 aliphatic carbocycles. The Morgan fingerprint density at radius 3 is 2.64 bits per heavy atom. The van der Waals surface area contributed by atoms with Crippen molar-refractivity contribution in [2.45, 2.75) is 13.5 Å². The molecule has 2 aromatic rings. The highest BCUT2D eigenvalue weighted by atomic mass is 32.1. The first-order valence-electron chi connectivity index (χ1n) is 7.25. The van der Waals surface area contributed by atoms with Gasteiger partial charge in [0.25, 0.3) is 5.69 Å². The lowest BCUT2D eigenvalue weighted by molar-refractivity contribution is -0.384. The SMILES string of the molecule is Cc1nc(CN2CCN(c3ccccc3[N+](=O)[O-])CC2)cs1. The Hall–Kier alpha value is -1.99. The zero-order chi connectivity index (χ0) is 15.5. The second-order valence-corrected chi connectivity index (χ2v) is 6.43. The van der Waals surface area contributed by atoms with Gasteiger partial charge in [0.1, 0.15) is 5.69 Å². The summed E-state index contributed by atoms with van der Waals surface area (Å²) in [5.41, 5.74) is 2.02. The van der Waals surface area contributed by atoms with Gasteiger partial charge in [0.05, 0.1) is 15.6 Å². The Balaban J connectivity index is 1.63. The van der Waals surface area contributed by atoms with Crippen LogP contribution in [-0.4, -0.2) is 41.0 Å². The predicted molar refractivity (Wildman–Crippen MR) is 87.4 cm³/mol. The van der Waals surface area contributed by atoms with E-state index < -0.39 is 0 Å². The van der Waals surface area contributed by atoms with Crippen LogP contribution in [-0.2, 0) is 6.54 Å². The minimum atomic E-state index is -0.306. The molecule has 116 valence electrons. The summed E-state index contributed by atoms with van der Waals surface area (Å²) in [5.74, 6) is 0. The average molecular weight is 318 g/mol. The van der Waals surface area contributed by atoms with Gasteiger partial charge in [-0.1, -0.05) is 12.1 Å². The molecule has 1 fully saturated rings. The molecule has 1 aliphatic heterocycles. The monoisotopic (exact) mass is 318 g/mol. The Kier molecular flexibility index (Phi) is 4.35. The van der Waals surface area contributed by atoms with Gasteiger partial charge < -0.3 is 4.90 Å². The third-order valence-electron chi connectivity index (χ3n) is 3.84. The van der Waals surface area contributed by atoms with Gasteiger partial charge in [-0.15, -0.1) is 11.3 Å². The third kappa shape index (κ3) is 3.26. The van der Waals surface area contributed by atoms with Gasteiger partial charge in [-0.05, 0) is 13.0 Å². The number of hydrogen-bond acceptors (Lipinski definition) is 6. The van der Waals surface area contributed by atoms with Crippen molar-refractivity contribution >= 4 is 22.7 Å². The number of para-hydroxylation sites is 2. The summed E-state index contributed by atoms with van der Waals surface area (Å²) in [6.07, 6.45) is 0. The average Bonchev–Trinajstić information content (AvgIpc) is 2.93. The van der Waals surface area contributed by atoms with Crippen LogP contribution in [0.1, 0.15) is 10.7 Å². The molecule has 2 heterocycles. The molecule has 0 radical (unpaired) electrons. The number of nitro groups is 1. The highest BCUT2D eigenvalue weighted by molar-refractivity contribution is 7.09. The van der Waals surface area contributed by atoms with Crippen LogP contribution in [0.2, 0.25) is 0 Å². The van der Waals surface area contributed by atoms with Crippen molar-refractivity contribution in [2.75, 3.05) is 31.1 Å². The smallest absolute Gasteiger partial charge is 0.292 e. The summed E-state index contributed by atoms with van der Waals surface area (Å²) in [6, 6.07) is 6.96. The number of anilines is 1. The van der Waals surface area contributed by atoms with Crippen LogP contribution in [0.15, 0.2) is 29.6 Å². The van der Waals surface area contributed by atoms with Crippen molar-refractivity contribution in [3.8, 4) is 0 Å². The summed E-state index contributed by atoms with van der Waals surface area (Å²) in [7, 11) is 0. The van der Waals surface area contributed by atoms with Crippen molar-refractivity contribution in [3.63, 3.8) is 0 Å². The molecule has 1 saturated heterocycles. The van der Waals surface area contributed by atoms with Gasteiger partial charge in [-0.2, -0.15) is 0 Å². The van der Waals surface area contributed by atoms with Gasteiger partial charge in [-0.25, -0.2) is 4.98 Å². The van der Waals surface area contributed by atoms with Gasteiger partial charge in [0.2, 0.25) is 0 Å². The lowest BCUT2D eigenvalue weighted by atomic mass is 10.2. The molecule has 7 heteroatoms. The zero-order valence-corrected chi connectivity index (χ0v) is 13.3. The fourth-order valence-electron chi connectivity index (χ4n) is 2.74. The maximum absolute atomic E-state index is 11.1. The number of aryl methyl sites for hydroxylation is 1. The lowest BCUT2D eigenvalue weighted by Crippen LogP contribution is -2.46. The van der Waals surface area contributed by atoms with E-state index in [0.29, 0.717) is 0 Å². The minimum absolute atomic E-state index is 0.186. The number of nitrogens with zero attached hydrogens (tertiary/aromatic N) is 4. The maximum atomic E-state index is 11.1. The van der Waals surface area contributed by atoms with E-state index in [2.05, 4.69) is 20.2 Å². The molecule has 1 aromatic carbocycles. The first kappa shape index (κ1) is 14.9. The maximum Gasteiger partial charge on any atom is 0.292 e. The highest BCUT2D eigenvalue weighted by Gasteiger charge is 2.23. The molecule has 6 nitrogen and oxygen atoms in total. The van der Waals surface area contributed by atoms with Crippen molar-refractivity contribution < 1.29 is 4.92 Å².